The highest BCUT2D eigenvalue weighted by atomic mass is 15.0. The summed E-state index contributed by atoms with van der Waals surface area (Å²) in [6.07, 6.45) is 5.72. The van der Waals surface area contributed by atoms with Gasteiger partial charge in [-0.2, -0.15) is 0 Å². The van der Waals surface area contributed by atoms with Crippen LogP contribution in [0.5, 0.6) is 0 Å². The van der Waals surface area contributed by atoms with E-state index in [1.807, 2.05) is 30.7 Å². The Bertz CT molecular complexity index is 2500. The van der Waals surface area contributed by atoms with Crippen LogP contribution >= 0.6 is 0 Å². The average molecular weight is 549 g/mol. The lowest BCUT2D eigenvalue weighted by molar-refractivity contribution is 1.14. The average Bonchev–Trinajstić information content (AvgIpc) is 3.42. The molecule has 0 aliphatic rings. The largest absolute Gasteiger partial charge is 0.308 e. The van der Waals surface area contributed by atoms with Crippen LogP contribution in [0.1, 0.15) is 0 Å². The summed E-state index contributed by atoms with van der Waals surface area (Å²) in [6.45, 7) is 0. The third kappa shape index (κ3) is 3.67. The SMILES string of the molecule is c1ccc2c(-c3ccc4c(c3)c3c5ccccc5ccc3n4-c3ccc(-c4nccc5ccccc45)nc3)nccc2c1. The summed E-state index contributed by atoms with van der Waals surface area (Å²) < 4.78 is 2.32. The fourth-order valence-corrected chi connectivity index (χ4v) is 6.55. The van der Waals surface area contributed by atoms with E-state index < -0.39 is 0 Å². The van der Waals surface area contributed by atoms with Gasteiger partial charge in [0.1, 0.15) is 0 Å². The van der Waals surface area contributed by atoms with Crippen LogP contribution in [0.25, 0.3) is 82.5 Å². The first-order valence-corrected chi connectivity index (χ1v) is 14.4. The molecule has 4 aromatic heterocycles. The maximum absolute atomic E-state index is 4.94. The van der Waals surface area contributed by atoms with E-state index in [0.717, 1.165) is 55.5 Å². The van der Waals surface area contributed by atoms with Crippen LogP contribution in [0, 0.1) is 0 Å². The maximum Gasteiger partial charge on any atom is 0.0964 e. The molecule has 9 aromatic rings. The molecule has 0 N–H and O–H groups in total. The Labute approximate surface area is 247 Å². The molecule has 200 valence electrons. The van der Waals surface area contributed by atoms with Crippen LogP contribution in [0.15, 0.2) is 146 Å². The molecule has 4 heteroatoms. The fraction of sp³-hybridized carbons (Fsp3) is 0. The molecule has 0 aliphatic carbocycles. The summed E-state index contributed by atoms with van der Waals surface area (Å²) in [6, 6.07) is 44.9. The topological polar surface area (TPSA) is 43.6 Å². The van der Waals surface area contributed by atoms with Gasteiger partial charge in [0.15, 0.2) is 0 Å². The predicted octanol–water partition coefficient (Wildman–Crippen LogP) is 9.76. The van der Waals surface area contributed by atoms with E-state index in [9.17, 15) is 0 Å². The standard InChI is InChI=1S/C39H24N4/c1-4-10-30-25(7-1)13-18-36-37(30)33-23-28(38-31-11-5-2-8-26(31)19-21-40-38)14-17-35(33)43(36)29-15-16-34(42-24-29)39-32-12-6-3-9-27(32)20-22-41-39/h1-24H. The molecule has 0 aliphatic heterocycles. The minimum atomic E-state index is 0.857. The highest BCUT2D eigenvalue weighted by Gasteiger charge is 2.17. The summed E-state index contributed by atoms with van der Waals surface area (Å²) in [7, 11) is 0. The highest BCUT2D eigenvalue weighted by molar-refractivity contribution is 6.22. The van der Waals surface area contributed by atoms with E-state index in [-0.39, 0.29) is 0 Å². The van der Waals surface area contributed by atoms with Crippen molar-refractivity contribution in [2.24, 2.45) is 0 Å². The van der Waals surface area contributed by atoms with Crippen LogP contribution in [0.4, 0.5) is 0 Å². The smallest absolute Gasteiger partial charge is 0.0964 e. The zero-order valence-electron chi connectivity index (χ0n) is 23.1. The monoisotopic (exact) mass is 548 g/mol. The minimum Gasteiger partial charge on any atom is -0.308 e. The number of benzene rings is 5. The van der Waals surface area contributed by atoms with Crippen molar-refractivity contribution in [2.75, 3.05) is 0 Å². The van der Waals surface area contributed by atoms with Crippen LogP contribution in [0.3, 0.4) is 0 Å². The van der Waals surface area contributed by atoms with Gasteiger partial charge in [-0.25, -0.2) is 0 Å². The van der Waals surface area contributed by atoms with Crippen LogP contribution in [-0.4, -0.2) is 19.5 Å². The van der Waals surface area contributed by atoms with E-state index in [4.69, 9.17) is 9.97 Å². The number of rotatable bonds is 3. The van der Waals surface area contributed by atoms with Crippen molar-refractivity contribution in [3.05, 3.63) is 146 Å². The molecule has 0 bridgehead atoms. The molecule has 0 saturated heterocycles. The zero-order chi connectivity index (χ0) is 28.3. The normalized spacial score (nSPS) is 11.7. The highest BCUT2D eigenvalue weighted by Crippen LogP contribution is 2.39. The van der Waals surface area contributed by atoms with E-state index in [0.29, 0.717) is 0 Å². The fourth-order valence-electron chi connectivity index (χ4n) is 6.55. The molecule has 0 spiro atoms. The maximum atomic E-state index is 4.94. The van der Waals surface area contributed by atoms with Crippen LogP contribution < -0.4 is 0 Å². The third-order valence-electron chi connectivity index (χ3n) is 8.52. The van der Waals surface area contributed by atoms with Crippen LogP contribution in [0.2, 0.25) is 0 Å². The zero-order valence-corrected chi connectivity index (χ0v) is 23.1. The van der Waals surface area contributed by atoms with Gasteiger partial charge in [0, 0.05) is 39.5 Å². The number of hydrogen-bond acceptors (Lipinski definition) is 3. The van der Waals surface area contributed by atoms with Gasteiger partial charge < -0.3 is 4.57 Å². The first-order chi connectivity index (χ1) is 21.3. The number of fused-ring (bicyclic) bond motifs is 7. The van der Waals surface area contributed by atoms with Crippen LogP contribution in [-0.2, 0) is 0 Å². The number of aromatic nitrogens is 4. The van der Waals surface area contributed by atoms with E-state index >= 15 is 0 Å². The van der Waals surface area contributed by atoms with Gasteiger partial charge in [0.05, 0.1) is 40.0 Å². The molecular weight excluding hydrogens is 524 g/mol. The Hall–Kier alpha value is -5.87. The third-order valence-corrected chi connectivity index (χ3v) is 8.52. The summed E-state index contributed by atoms with van der Waals surface area (Å²) in [5.41, 5.74) is 7.14. The summed E-state index contributed by atoms with van der Waals surface area (Å²) in [5.74, 6) is 0. The summed E-state index contributed by atoms with van der Waals surface area (Å²) in [4.78, 5) is 14.5. The van der Waals surface area contributed by atoms with Crippen molar-refractivity contribution in [3.63, 3.8) is 0 Å². The lowest BCUT2D eigenvalue weighted by atomic mass is 10.00. The molecule has 4 nitrogen and oxygen atoms in total. The van der Waals surface area contributed by atoms with E-state index in [2.05, 4.69) is 125 Å². The van der Waals surface area contributed by atoms with Gasteiger partial charge >= 0.3 is 0 Å². The van der Waals surface area contributed by atoms with E-state index in [1.54, 1.807) is 0 Å². The quantitative estimate of drug-likeness (QED) is 0.221. The second-order valence-corrected chi connectivity index (χ2v) is 10.9. The van der Waals surface area contributed by atoms with Crippen molar-refractivity contribution in [1.82, 2.24) is 19.5 Å². The van der Waals surface area contributed by atoms with Gasteiger partial charge in [-0.15, -0.1) is 0 Å². The first-order valence-electron chi connectivity index (χ1n) is 14.4. The van der Waals surface area contributed by atoms with Crippen molar-refractivity contribution < 1.29 is 0 Å². The van der Waals surface area contributed by atoms with Crippen molar-refractivity contribution in [2.45, 2.75) is 0 Å². The van der Waals surface area contributed by atoms with Gasteiger partial charge in [-0.3, -0.25) is 15.0 Å². The molecule has 0 radical (unpaired) electrons. The van der Waals surface area contributed by atoms with Crippen molar-refractivity contribution in [1.29, 1.82) is 0 Å². The molecule has 0 saturated carbocycles. The first kappa shape index (κ1) is 23.8. The summed E-state index contributed by atoms with van der Waals surface area (Å²) in [5, 5.41) is 9.47. The number of hydrogen-bond donors (Lipinski definition) is 0. The van der Waals surface area contributed by atoms with Gasteiger partial charge in [-0.05, 0) is 64.0 Å². The Balaban J connectivity index is 1.28. The Kier molecular flexibility index (Phi) is 5.16. The van der Waals surface area contributed by atoms with Gasteiger partial charge in [0.25, 0.3) is 0 Å². The molecule has 4 heterocycles. The predicted molar refractivity (Wildman–Crippen MR) is 178 cm³/mol. The number of pyridine rings is 3. The molecule has 0 amide bonds. The summed E-state index contributed by atoms with van der Waals surface area (Å²) >= 11 is 0. The Morgan fingerprint density at radius 1 is 0.442 bits per heavy atom. The molecule has 0 unspecified atom stereocenters. The molecule has 43 heavy (non-hydrogen) atoms. The minimum absolute atomic E-state index is 0.857. The van der Waals surface area contributed by atoms with Gasteiger partial charge in [0.2, 0.25) is 0 Å². The second kappa shape index (κ2) is 9.33. The molecule has 5 aromatic carbocycles. The Morgan fingerprint density at radius 3 is 1.79 bits per heavy atom. The van der Waals surface area contributed by atoms with Crippen molar-refractivity contribution >= 4 is 54.1 Å². The molecule has 0 fully saturated rings. The van der Waals surface area contributed by atoms with E-state index in [1.165, 1.54) is 26.9 Å². The second-order valence-electron chi connectivity index (χ2n) is 10.9. The number of nitrogens with zero attached hydrogens (tertiary/aromatic N) is 4. The Morgan fingerprint density at radius 2 is 1.07 bits per heavy atom. The molecular formula is C39H24N4. The van der Waals surface area contributed by atoms with Crippen molar-refractivity contribution in [3.8, 4) is 28.3 Å². The molecule has 9 rings (SSSR count). The lowest BCUT2D eigenvalue weighted by Crippen LogP contribution is -1.96. The molecule has 0 atom stereocenters. The lowest BCUT2D eigenvalue weighted by Gasteiger charge is -2.10. The van der Waals surface area contributed by atoms with Gasteiger partial charge in [-0.1, -0.05) is 84.9 Å².